The number of rotatable bonds is 5. The minimum atomic E-state index is -0.342. The van der Waals surface area contributed by atoms with Gasteiger partial charge in [0.15, 0.2) is 0 Å². The molecule has 20 heavy (non-hydrogen) atoms. The highest BCUT2D eigenvalue weighted by Gasteiger charge is 2.07. The number of pyridine rings is 1. The largest absolute Gasteiger partial charge is 0.295 e. The quantitative estimate of drug-likeness (QED) is 0.503. The van der Waals surface area contributed by atoms with Crippen molar-refractivity contribution in [3.8, 4) is 0 Å². The summed E-state index contributed by atoms with van der Waals surface area (Å²) in [4.78, 5) is 18.9. The van der Waals surface area contributed by atoms with Crippen LogP contribution in [-0.4, -0.2) is 22.8 Å². The van der Waals surface area contributed by atoms with Gasteiger partial charge in [-0.25, -0.2) is 5.84 Å². The van der Waals surface area contributed by atoms with Crippen molar-refractivity contribution in [2.75, 3.05) is 7.05 Å². The first kappa shape index (κ1) is 14.9. The number of amides is 1. The molecule has 3 N–H and O–H groups in total. The number of hydrogen-bond donors (Lipinski definition) is 2. The number of hydrogen-bond acceptors (Lipinski definition) is 5. The predicted molar refractivity (Wildman–Crippen MR) is 80.4 cm³/mol. The molecule has 2 aromatic rings. The van der Waals surface area contributed by atoms with Crippen LogP contribution in [0.3, 0.4) is 0 Å². The van der Waals surface area contributed by atoms with Crippen LogP contribution < -0.4 is 11.3 Å². The summed E-state index contributed by atoms with van der Waals surface area (Å²) in [6.07, 6.45) is 1.52. The van der Waals surface area contributed by atoms with Crippen molar-refractivity contribution in [3.05, 3.63) is 50.9 Å². The first-order chi connectivity index (χ1) is 9.58. The number of nitrogen functional groups attached to an aromatic ring is 1. The van der Waals surface area contributed by atoms with E-state index >= 15 is 0 Å². The molecule has 0 bridgehead atoms. The van der Waals surface area contributed by atoms with E-state index in [1.165, 1.54) is 11.1 Å². The lowest BCUT2D eigenvalue weighted by molar-refractivity contribution is 0.0953. The Hall–Kier alpha value is -1.47. The number of thiophene rings is 1. The fraction of sp³-hybridized carbons (Fsp3) is 0.231. The SMILES string of the molecule is CN(Cc1ccc(C(=O)NN)cn1)Cc1ccc(Cl)s1. The van der Waals surface area contributed by atoms with Gasteiger partial charge in [0, 0.05) is 24.2 Å². The van der Waals surface area contributed by atoms with Gasteiger partial charge in [0.25, 0.3) is 5.91 Å². The summed E-state index contributed by atoms with van der Waals surface area (Å²) in [5.41, 5.74) is 3.42. The fourth-order valence-electron chi connectivity index (χ4n) is 1.77. The minimum Gasteiger partial charge on any atom is -0.295 e. The van der Waals surface area contributed by atoms with E-state index in [0.29, 0.717) is 12.1 Å². The van der Waals surface area contributed by atoms with Crippen LogP contribution in [0.25, 0.3) is 0 Å². The zero-order valence-electron chi connectivity index (χ0n) is 11.0. The lowest BCUT2D eigenvalue weighted by Gasteiger charge is -2.15. The van der Waals surface area contributed by atoms with E-state index in [1.807, 2.05) is 25.2 Å². The first-order valence-electron chi connectivity index (χ1n) is 5.97. The maximum absolute atomic E-state index is 11.3. The molecule has 0 fully saturated rings. The molecule has 0 aliphatic heterocycles. The number of nitrogens with zero attached hydrogens (tertiary/aromatic N) is 2. The van der Waals surface area contributed by atoms with Gasteiger partial charge >= 0.3 is 0 Å². The van der Waals surface area contributed by atoms with Gasteiger partial charge in [-0.05, 0) is 31.3 Å². The highest BCUT2D eigenvalue weighted by atomic mass is 35.5. The number of carbonyl (C=O) groups is 1. The summed E-state index contributed by atoms with van der Waals surface area (Å²) in [6, 6.07) is 7.45. The molecule has 1 amide bonds. The molecule has 2 aromatic heterocycles. The molecule has 0 aliphatic carbocycles. The Morgan fingerprint density at radius 3 is 2.75 bits per heavy atom. The average molecular weight is 311 g/mol. The van der Waals surface area contributed by atoms with Crippen molar-refractivity contribution in [3.63, 3.8) is 0 Å². The summed E-state index contributed by atoms with van der Waals surface area (Å²) in [5.74, 6) is 4.72. The Balaban J connectivity index is 1.94. The van der Waals surface area contributed by atoms with Crippen LogP contribution in [0.2, 0.25) is 4.34 Å². The van der Waals surface area contributed by atoms with Crippen molar-refractivity contribution >= 4 is 28.8 Å². The van der Waals surface area contributed by atoms with Gasteiger partial charge in [-0.1, -0.05) is 11.6 Å². The number of nitrogens with two attached hydrogens (primary N) is 1. The van der Waals surface area contributed by atoms with E-state index < -0.39 is 0 Å². The van der Waals surface area contributed by atoms with Crippen LogP contribution in [0.15, 0.2) is 30.5 Å². The molecule has 7 heteroatoms. The summed E-state index contributed by atoms with van der Waals surface area (Å²) in [7, 11) is 2.01. The van der Waals surface area contributed by atoms with Gasteiger partial charge < -0.3 is 0 Å². The number of nitrogens with one attached hydrogen (secondary N) is 1. The van der Waals surface area contributed by atoms with Crippen molar-refractivity contribution in [1.29, 1.82) is 0 Å². The number of halogens is 1. The molecular weight excluding hydrogens is 296 g/mol. The zero-order chi connectivity index (χ0) is 14.5. The molecule has 0 unspecified atom stereocenters. The Bertz CT molecular complexity index is 584. The Morgan fingerprint density at radius 1 is 1.40 bits per heavy atom. The zero-order valence-corrected chi connectivity index (χ0v) is 12.5. The van der Waals surface area contributed by atoms with Crippen LogP contribution in [0.1, 0.15) is 20.9 Å². The molecule has 0 atom stereocenters. The highest BCUT2D eigenvalue weighted by Crippen LogP contribution is 2.22. The van der Waals surface area contributed by atoms with E-state index in [9.17, 15) is 4.79 Å². The molecule has 0 saturated carbocycles. The molecule has 0 radical (unpaired) electrons. The lowest BCUT2D eigenvalue weighted by atomic mass is 10.2. The highest BCUT2D eigenvalue weighted by molar-refractivity contribution is 7.16. The number of aromatic nitrogens is 1. The molecule has 5 nitrogen and oxygen atoms in total. The second-order valence-corrected chi connectivity index (χ2v) is 6.19. The van der Waals surface area contributed by atoms with E-state index in [1.54, 1.807) is 17.4 Å². The van der Waals surface area contributed by atoms with Crippen LogP contribution >= 0.6 is 22.9 Å². The normalized spacial score (nSPS) is 10.8. The third-order valence-corrected chi connectivity index (χ3v) is 3.92. The molecule has 2 rings (SSSR count). The van der Waals surface area contributed by atoms with Gasteiger partial charge in [0.05, 0.1) is 15.6 Å². The molecule has 106 valence electrons. The molecule has 0 spiro atoms. The van der Waals surface area contributed by atoms with Crippen LogP contribution in [0.4, 0.5) is 0 Å². The molecule has 0 saturated heterocycles. The molecule has 2 heterocycles. The second-order valence-electron chi connectivity index (χ2n) is 4.39. The molecule has 0 aromatic carbocycles. The van der Waals surface area contributed by atoms with E-state index in [4.69, 9.17) is 17.4 Å². The van der Waals surface area contributed by atoms with Gasteiger partial charge in [0.2, 0.25) is 0 Å². The Labute approximate surface area is 126 Å². The monoisotopic (exact) mass is 310 g/mol. The van der Waals surface area contributed by atoms with Crippen molar-refractivity contribution in [1.82, 2.24) is 15.3 Å². The van der Waals surface area contributed by atoms with E-state index in [-0.39, 0.29) is 5.91 Å². The smallest absolute Gasteiger partial charge is 0.266 e. The standard InChI is InChI=1S/C13H15ClN4OS/c1-18(8-11-4-5-12(14)20-11)7-10-3-2-9(6-16-10)13(19)17-15/h2-6H,7-8,15H2,1H3,(H,17,19). The number of carbonyl (C=O) groups excluding carboxylic acids is 1. The maximum Gasteiger partial charge on any atom is 0.266 e. The van der Waals surface area contributed by atoms with Crippen molar-refractivity contribution in [2.45, 2.75) is 13.1 Å². The first-order valence-corrected chi connectivity index (χ1v) is 7.16. The van der Waals surface area contributed by atoms with Crippen molar-refractivity contribution in [2.24, 2.45) is 5.84 Å². The summed E-state index contributed by atoms with van der Waals surface area (Å²) >= 11 is 7.48. The number of hydrazine groups is 1. The summed E-state index contributed by atoms with van der Waals surface area (Å²) in [5, 5.41) is 0. The lowest BCUT2D eigenvalue weighted by Crippen LogP contribution is -2.30. The Morgan fingerprint density at radius 2 is 2.20 bits per heavy atom. The summed E-state index contributed by atoms with van der Waals surface area (Å²) in [6.45, 7) is 1.50. The van der Waals surface area contributed by atoms with Crippen LogP contribution in [0.5, 0.6) is 0 Å². The molecule has 0 aliphatic rings. The minimum absolute atomic E-state index is 0.342. The maximum atomic E-state index is 11.3. The Kier molecular flexibility index (Phi) is 5.08. The third kappa shape index (κ3) is 4.01. The van der Waals surface area contributed by atoms with E-state index in [0.717, 1.165) is 16.6 Å². The van der Waals surface area contributed by atoms with Gasteiger partial charge in [-0.2, -0.15) is 0 Å². The topological polar surface area (TPSA) is 71.2 Å². The van der Waals surface area contributed by atoms with Gasteiger partial charge in [-0.15, -0.1) is 11.3 Å². The van der Waals surface area contributed by atoms with Crippen LogP contribution in [-0.2, 0) is 13.1 Å². The van der Waals surface area contributed by atoms with Gasteiger partial charge in [0.1, 0.15) is 0 Å². The fourth-order valence-corrected chi connectivity index (χ4v) is 2.94. The summed E-state index contributed by atoms with van der Waals surface area (Å²) < 4.78 is 0.795. The van der Waals surface area contributed by atoms with Crippen LogP contribution in [0, 0.1) is 0 Å². The average Bonchev–Trinajstić information content (AvgIpc) is 2.84. The second kappa shape index (κ2) is 6.81. The third-order valence-electron chi connectivity index (χ3n) is 2.70. The molecular formula is C13H15ClN4OS. The predicted octanol–water partition coefficient (Wildman–Crippen LogP) is 2.03. The van der Waals surface area contributed by atoms with E-state index in [2.05, 4.69) is 15.3 Å². The van der Waals surface area contributed by atoms with Crippen molar-refractivity contribution < 1.29 is 4.79 Å². The van der Waals surface area contributed by atoms with Gasteiger partial charge in [-0.3, -0.25) is 20.1 Å².